The molecular formula is C23H22N8O4. The van der Waals surface area contributed by atoms with Crippen molar-refractivity contribution in [2.24, 2.45) is 0 Å². The van der Waals surface area contributed by atoms with E-state index >= 15 is 0 Å². The summed E-state index contributed by atoms with van der Waals surface area (Å²) in [4.78, 5) is 27.2. The number of fused-ring (bicyclic) bond motifs is 2. The minimum absolute atomic E-state index is 0.0528. The molecule has 5 heterocycles. The number of nitrogens with zero attached hydrogens (tertiary/aromatic N) is 6. The fourth-order valence-corrected chi connectivity index (χ4v) is 4.11. The van der Waals surface area contributed by atoms with Crippen LogP contribution in [0.5, 0.6) is 11.5 Å². The summed E-state index contributed by atoms with van der Waals surface area (Å²) < 4.78 is 18.3. The maximum Gasteiger partial charge on any atom is 0.263 e. The van der Waals surface area contributed by atoms with E-state index in [-0.39, 0.29) is 12.5 Å². The second-order valence-corrected chi connectivity index (χ2v) is 8.02. The van der Waals surface area contributed by atoms with E-state index in [2.05, 4.69) is 30.6 Å². The van der Waals surface area contributed by atoms with Crippen molar-refractivity contribution in [3.63, 3.8) is 0 Å². The molecule has 0 radical (unpaired) electrons. The lowest BCUT2D eigenvalue weighted by Gasteiger charge is -2.30. The van der Waals surface area contributed by atoms with Gasteiger partial charge in [-0.15, -0.1) is 0 Å². The maximum absolute atomic E-state index is 11.5. The van der Waals surface area contributed by atoms with Crippen LogP contribution in [0, 0.1) is 0 Å². The molecule has 1 saturated heterocycles. The highest BCUT2D eigenvalue weighted by atomic mass is 16.5. The van der Waals surface area contributed by atoms with Gasteiger partial charge in [-0.05, 0) is 18.2 Å². The van der Waals surface area contributed by atoms with Gasteiger partial charge in [0.1, 0.15) is 12.1 Å². The predicted octanol–water partition coefficient (Wildman–Crippen LogP) is 2.11. The summed E-state index contributed by atoms with van der Waals surface area (Å²) in [5, 5.41) is 10.3. The minimum atomic E-state index is -0.235. The quantitative estimate of drug-likeness (QED) is 0.444. The molecule has 178 valence electrons. The van der Waals surface area contributed by atoms with Crippen LogP contribution in [0.15, 0.2) is 43.0 Å². The molecule has 2 N–H and O–H groups in total. The van der Waals surface area contributed by atoms with E-state index in [0.29, 0.717) is 47.5 Å². The molecule has 12 heteroatoms. The lowest BCUT2D eigenvalue weighted by atomic mass is 10.2. The van der Waals surface area contributed by atoms with Gasteiger partial charge >= 0.3 is 0 Å². The molecule has 12 nitrogen and oxygen atoms in total. The fourth-order valence-electron chi connectivity index (χ4n) is 4.11. The normalized spacial score (nSPS) is 15.3. The average Bonchev–Trinajstić information content (AvgIpc) is 3.38. The van der Waals surface area contributed by atoms with Crippen molar-refractivity contribution in [1.82, 2.24) is 24.6 Å². The van der Waals surface area contributed by atoms with Crippen molar-refractivity contribution >= 4 is 34.6 Å². The fraction of sp³-hybridized carbons (Fsp3) is 0.261. The van der Waals surface area contributed by atoms with Crippen molar-refractivity contribution in [3.05, 3.63) is 43.0 Å². The van der Waals surface area contributed by atoms with Gasteiger partial charge in [0, 0.05) is 36.6 Å². The van der Waals surface area contributed by atoms with Crippen LogP contribution in [0.1, 0.15) is 0 Å². The summed E-state index contributed by atoms with van der Waals surface area (Å²) in [5.74, 6) is 1.91. The first-order chi connectivity index (χ1) is 17.2. The highest BCUT2D eigenvalue weighted by molar-refractivity contribution is 5.94. The first kappa shape index (κ1) is 21.1. The Bertz CT molecular complexity index is 1420. The molecule has 4 aromatic rings. The van der Waals surface area contributed by atoms with Gasteiger partial charge in [0.2, 0.25) is 0 Å². The average molecular weight is 474 g/mol. The Morgan fingerprint density at radius 1 is 1.17 bits per heavy atom. The molecule has 1 aromatic carbocycles. The number of pyridine rings is 1. The first-order valence-electron chi connectivity index (χ1n) is 11.1. The summed E-state index contributed by atoms with van der Waals surface area (Å²) in [6.45, 7) is 2.97. The number of nitrogens with one attached hydrogen (secondary N) is 2. The standard InChI is InChI=1S/C23H22N8O4/c1-33-18-9-15(2-3-17(18)30-4-6-34-7-5-30)27-22-23-25-13-26-31(23)11-16(28-22)14-8-19-21(24-10-14)29-20(32)12-35-19/h2-3,8-11,13H,4-7,12H2,1H3,(H,27,28)(H,24,29,32). The zero-order chi connectivity index (χ0) is 23.8. The Labute approximate surface area is 199 Å². The largest absolute Gasteiger partial charge is 0.495 e. The SMILES string of the molecule is COc1cc(Nc2nc(-c3cnc4c(c3)OCC(=O)N4)cn3ncnc23)ccc1N1CCOCC1. The van der Waals surface area contributed by atoms with Gasteiger partial charge < -0.3 is 29.7 Å². The number of benzene rings is 1. The number of rotatable bonds is 5. The van der Waals surface area contributed by atoms with Gasteiger partial charge in [-0.1, -0.05) is 0 Å². The van der Waals surface area contributed by atoms with Gasteiger partial charge in [0.05, 0.1) is 37.9 Å². The van der Waals surface area contributed by atoms with Crippen LogP contribution < -0.4 is 25.0 Å². The van der Waals surface area contributed by atoms with Gasteiger partial charge in [0.25, 0.3) is 5.91 Å². The predicted molar refractivity (Wildman–Crippen MR) is 127 cm³/mol. The van der Waals surface area contributed by atoms with Crippen LogP contribution in [0.2, 0.25) is 0 Å². The molecule has 0 aliphatic carbocycles. The summed E-state index contributed by atoms with van der Waals surface area (Å²) >= 11 is 0. The minimum Gasteiger partial charge on any atom is -0.495 e. The number of anilines is 4. The molecule has 0 saturated carbocycles. The molecular weight excluding hydrogens is 452 g/mol. The van der Waals surface area contributed by atoms with Crippen molar-refractivity contribution in [2.45, 2.75) is 0 Å². The van der Waals surface area contributed by atoms with Gasteiger partial charge in [-0.25, -0.2) is 19.5 Å². The molecule has 1 fully saturated rings. The third kappa shape index (κ3) is 4.04. The summed E-state index contributed by atoms with van der Waals surface area (Å²) in [7, 11) is 1.66. The lowest BCUT2D eigenvalue weighted by Crippen LogP contribution is -2.36. The van der Waals surface area contributed by atoms with Gasteiger partial charge in [0.15, 0.2) is 29.6 Å². The van der Waals surface area contributed by atoms with Crippen molar-refractivity contribution in [3.8, 4) is 22.8 Å². The number of hydrogen-bond donors (Lipinski definition) is 2. The molecule has 0 atom stereocenters. The third-order valence-electron chi connectivity index (χ3n) is 5.82. The second-order valence-electron chi connectivity index (χ2n) is 8.02. The summed E-state index contributed by atoms with van der Waals surface area (Å²) in [6, 6.07) is 7.72. The van der Waals surface area contributed by atoms with E-state index < -0.39 is 0 Å². The smallest absolute Gasteiger partial charge is 0.263 e. The number of hydrogen-bond acceptors (Lipinski definition) is 10. The molecule has 0 spiro atoms. The van der Waals surface area contributed by atoms with E-state index in [0.717, 1.165) is 30.2 Å². The Morgan fingerprint density at radius 2 is 2.06 bits per heavy atom. The zero-order valence-corrected chi connectivity index (χ0v) is 18.9. The van der Waals surface area contributed by atoms with Crippen molar-refractivity contribution in [2.75, 3.05) is 55.6 Å². The lowest BCUT2D eigenvalue weighted by molar-refractivity contribution is -0.118. The van der Waals surface area contributed by atoms with Crippen LogP contribution in [-0.4, -0.2) is 70.5 Å². The van der Waals surface area contributed by atoms with Crippen LogP contribution in [-0.2, 0) is 9.53 Å². The third-order valence-corrected chi connectivity index (χ3v) is 5.82. The molecule has 35 heavy (non-hydrogen) atoms. The van der Waals surface area contributed by atoms with Gasteiger partial charge in [-0.2, -0.15) is 5.10 Å². The molecule has 2 aliphatic heterocycles. The number of amides is 1. The topological polar surface area (TPSA) is 128 Å². The number of methoxy groups -OCH3 is 1. The number of carbonyl (C=O) groups excluding carboxylic acids is 1. The van der Waals surface area contributed by atoms with Gasteiger partial charge in [-0.3, -0.25) is 4.79 Å². The van der Waals surface area contributed by atoms with E-state index in [4.69, 9.17) is 19.2 Å². The van der Waals surface area contributed by atoms with Crippen molar-refractivity contribution < 1.29 is 19.0 Å². The number of morpholine rings is 1. The van der Waals surface area contributed by atoms with E-state index in [1.165, 1.54) is 6.33 Å². The van der Waals surface area contributed by atoms with E-state index in [1.54, 1.807) is 30.1 Å². The maximum atomic E-state index is 11.5. The zero-order valence-electron chi connectivity index (χ0n) is 18.9. The van der Waals surface area contributed by atoms with E-state index in [9.17, 15) is 4.79 Å². The second kappa shape index (κ2) is 8.72. The monoisotopic (exact) mass is 474 g/mol. The van der Waals surface area contributed by atoms with Crippen LogP contribution in [0.3, 0.4) is 0 Å². The molecule has 6 rings (SSSR count). The summed E-state index contributed by atoms with van der Waals surface area (Å²) in [5.41, 5.74) is 3.70. The highest BCUT2D eigenvalue weighted by Gasteiger charge is 2.20. The number of carbonyl (C=O) groups is 1. The molecule has 0 unspecified atom stereocenters. The molecule has 1 amide bonds. The Hall–Kier alpha value is -4.45. The van der Waals surface area contributed by atoms with Crippen LogP contribution >= 0.6 is 0 Å². The Kier molecular flexibility index (Phi) is 5.26. The molecule has 0 bridgehead atoms. The highest BCUT2D eigenvalue weighted by Crippen LogP contribution is 2.34. The summed E-state index contributed by atoms with van der Waals surface area (Å²) in [6.07, 6.45) is 4.86. The first-order valence-corrected chi connectivity index (χ1v) is 11.1. The molecule has 2 aliphatic rings. The van der Waals surface area contributed by atoms with Crippen LogP contribution in [0.25, 0.3) is 16.9 Å². The number of aromatic nitrogens is 5. The Balaban J connectivity index is 1.34. The van der Waals surface area contributed by atoms with Crippen LogP contribution in [0.4, 0.5) is 23.0 Å². The Morgan fingerprint density at radius 3 is 2.91 bits per heavy atom. The molecule has 3 aromatic heterocycles. The van der Waals surface area contributed by atoms with E-state index in [1.807, 2.05) is 18.2 Å². The number of ether oxygens (including phenoxy) is 3. The van der Waals surface area contributed by atoms with Crippen molar-refractivity contribution in [1.29, 1.82) is 0 Å².